The van der Waals surface area contributed by atoms with Gasteiger partial charge in [-0.25, -0.2) is 0 Å². The van der Waals surface area contributed by atoms with Gasteiger partial charge < -0.3 is 5.32 Å². The van der Waals surface area contributed by atoms with Crippen molar-refractivity contribution in [2.45, 2.75) is 18.6 Å². The molecule has 1 aliphatic heterocycles. The predicted molar refractivity (Wildman–Crippen MR) is 61.9 cm³/mol. The van der Waals surface area contributed by atoms with Gasteiger partial charge in [0.05, 0.1) is 0 Å². The fourth-order valence-corrected chi connectivity index (χ4v) is 2.23. The molecule has 0 aromatic heterocycles. The van der Waals surface area contributed by atoms with E-state index in [-0.39, 0.29) is 12.4 Å². The maximum absolute atomic E-state index is 12.6. The SMILES string of the molecule is Cl.FC(F)(F)C1NCCc2cc(Br)ccc21. The fourth-order valence-electron chi connectivity index (χ4n) is 1.83. The number of rotatable bonds is 0. The lowest BCUT2D eigenvalue weighted by atomic mass is 9.94. The van der Waals surface area contributed by atoms with Gasteiger partial charge in [-0.1, -0.05) is 22.0 Å². The summed E-state index contributed by atoms with van der Waals surface area (Å²) in [5, 5.41) is 2.49. The Balaban J connectivity index is 0.00000128. The molecular weight excluding hydrogens is 306 g/mol. The minimum Gasteiger partial charge on any atom is -0.302 e. The summed E-state index contributed by atoms with van der Waals surface area (Å²) in [6.07, 6.45) is -3.58. The first-order valence-electron chi connectivity index (χ1n) is 4.57. The van der Waals surface area contributed by atoms with Crippen molar-refractivity contribution in [3.05, 3.63) is 33.8 Å². The Morgan fingerprint density at radius 1 is 1.31 bits per heavy atom. The maximum Gasteiger partial charge on any atom is 0.407 e. The Hall–Kier alpha value is -0.260. The summed E-state index contributed by atoms with van der Waals surface area (Å²) in [5.41, 5.74) is 1.11. The molecule has 90 valence electrons. The van der Waals surface area contributed by atoms with Crippen LogP contribution >= 0.6 is 28.3 Å². The first-order chi connectivity index (χ1) is 6.98. The molecule has 0 spiro atoms. The summed E-state index contributed by atoms with van der Waals surface area (Å²) in [6, 6.07) is 3.41. The number of halogens is 5. The number of hydrogen-bond donors (Lipinski definition) is 1. The molecule has 0 amide bonds. The van der Waals surface area contributed by atoms with Gasteiger partial charge in [0.2, 0.25) is 0 Å². The topological polar surface area (TPSA) is 12.0 Å². The van der Waals surface area contributed by atoms with E-state index in [1.54, 1.807) is 12.1 Å². The molecule has 1 heterocycles. The van der Waals surface area contributed by atoms with Crippen molar-refractivity contribution < 1.29 is 13.2 Å². The smallest absolute Gasteiger partial charge is 0.302 e. The summed E-state index contributed by atoms with van der Waals surface area (Å²) < 4.78 is 38.8. The van der Waals surface area contributed by atoms with Crippen molar-refractivity contribution in [2.75, 3.05) is 6.54 Å². The second kappa shape index (κ2) is 4.94. The Morgan fingerprint density at radius 2 is 2.00 bits per heavy atom. The minimum atomic E-state index is -4.22. The van der Waals surface area contributed by atoms with E-state index in [0.29, 0.717) is 18.5 Å². The quantitative estimate of drug-likeness (QED) is 0.771. The highest BCUT2D eigenvalue weighted by Crippen LogP contribution is 2.37. The van der Waals surface area contributed by atoms with Gasteiger partial charge in [-0.2, -0.15) is 13.2 Å². The van der Waals surface area contributed by atoms with Gasteiger partial charge in [0.25, 0.3) is 0 Å². The van der Waals surface area contributed by atoms with Gasteiger partial charge in [0.15, 0.2) is 0 Å². The van der Waals surface area contributed by atoms with Crippen molar-refractivity contribution in [1.82, 2.24) is 5.32 Å². The molecule has 16 heavy (non-hydrogen) atoms. The molecule has 0 fully saturated rings. The minimum absolute atomic E-state index is 0. The van der Waals surface area contributed by atoms with Gasteiger partial charge in [0, 0.05) is 11.0 Å². The third kappa shape index (κ3) is 2.70. The number of fused-ring (bicyclic) bond motifs is 1. The number of alkyl halides is 3. The van der Waals surface area contributed by atoms with E-state index in [9.17, 15) is 13.2 Å². The standard InChI is InChI=1S/C10H9BrF3N.ClH/c11-7-1-2-8-6(5-7)3-4-15-9(8)10(12,13)14;/h1-2,5,9,15H,3-4H2;1H. The summed E-state index contributed by atoms with van der Waals surface area (Å²) in [5.74, 6) is 0. The Kier molecular flexibility index (Phi) is 4.26. The van der Waals surface area contributed by atoms with E-state index in [1.165, 1.54) is 6.07 Å². The van der Waals surface area contributed by atoms with Gasteiger partial charge in [-0.15, -0.1) is 12.4 Å². The van der Waals surface area contributed by atoms with E-state index in [4.69, 9.17) is 0 Å². The monoisotopic (exact) mass is 315 g/mol. The average Bonchev–Trinajstić information content (AvgIpc) is 2.15. The van der Waals surface area contributed by atoms with Crippen LogP contribution in [-0.4, -0.2) is 12.7 Å². The maximum atomic E-state index is 12.6. The third-order valence-corrected chi connectivity index (χ3v) is 2.98. The van der Waals surface area contributed by atoms with Crippen molar-refractivity contribution >= 4 is 28.3 Å². The number of hydrogen-bond acceptors (Lipinski definition) is 1. The Morgan fingerprint density at radius 3 is 2.62 bits per heavy atom. The molecule has 1 atom stereocenters. The van der Waals surface area contributed by atoms with Gasteiger partial charge in [-0.05, 0) is 29.7 Å². The van der Waals surface area contributed by atoms with Crippen LogP contribution in [0.3, 0.4) is 0 Å². The molecule has 0 aliphatic carbocycles. The normalized spacial score (nSPS) is 19.9. The van der Waals surface area contributed by atoms with E-state index in [0.717, 1.165) is 10.0 Å². The summed E-state index contributed by atoms with van der Waals surface area (Å²) in [6.45, 7) is 0.369. The highest BCUT2D eigenvalue weighted by atomic mass is 79.9. The van der Waals surface area contributed by atoms with E-state index in [2.05, 4.69) is 21.2 Å². The molecule has 1 aromatic rings. The molecule has 1 nitrogen and oxygen atoms in total. The Labute approximate surface area is 106 Å². The van der Waals surface area contributed by atoms with Crippen LogP contribution in [0.15, 0.2) is 22.7 Å². The zero-order valence-corrected chi connectivity index (χ0v) is 10.5. The first kappa shape index (κ1) is 13.8. The molecule has 1 aromatic carbocycles. The highest BCUT2D eigenvalue weighted by Gasteiger charge is 2.42. The van der Waals surface area contributed by atoms with Gasteiger partial charge in [-0.3, -0.25) is 0 Å². The van der Waals surface area contributed by atoms with Crippen molar-refractivity contribution in [2.24, 2.45) is 0 Å². The van der Waals surface area contributed by atoms with Crippen molar-refractivity contribution in [1.29, 1.82) is 0 Å². The van der Waals surface area contributed by atoms with Gasteiger partial charge >= 0.3 is 6.18 Å². The van der Waals surface area contributed by atoms with E-state index in [1.807, 2.05) is 0 Å². The number of benzene rings is 1. The molecule has 1 aliphatic rings. The lowest BCUT2D eigenvalue weighted by molar-refractivity contribution is -0.158. The highest BCUT2D eigenvalue weighted by molar-refractivity contribution is 9.10. The number of nitrogens with one attached hydrogen (secondary N) is 1. The molecular formula is C10H10BrClF3N. The molecule has 6 heteroatoms. The molecule has 1 unspecified atom stereocenters. The molecule has 0 saturated carbocycles. The molecule has 0 radical (unpaired) electrons. The van der Waals surface area contributed by atoms with Crippen molar-refractivity contribution in [3.8, 4) is 0 Å². The zero-order valence-electron chi connectivity index (χ0n) is 8.14. The van der Waals surface area contributed by atoms with Crippen LogP contribution in [0.4, 0.5) is 13.2 Å². The zero-order chi connectivity index (χ0) is 11.1. The van der Waals surface area contributed by atoms with E-state index >= 15 is 0 Å². The van der Waals surface area contributed by atoms with Crippen LogP contribution in [0.1, 0.15) is 17.2 Å². The summed E-state index contributed by atoms with van der Waals surface area (Å²) >= 11 is 3.26. The molecule has 0 bridgehead atoms. The van der Waals surface area contributed by atoms with Crippen molar-refractivity contribution in [3.63, 3.8) is 0 Å². The molecule has 0 saturated heterocycles. The van der Waals surface area contributed by atoms with E-state index < -0.39 is 12.2 Å². The predicted octanol–water partition coefficient (Wildman–Crippen LogP) is 3.62. The first-order valence-corrected chi connectivity index (χ1v) is 5.36. The van der Waals surface area contributed by atoms with Crippen LogP contribution < -0.4 is 5.32 Å². The molecule has 1 N–H and O–H groups in total. The average molecular weight is 317 g/mol. The van der Waals surface area contributed by atoms with Gasteiger partial charge in [0.1, 0.15) is 6.04 Å². The lowest BCUT2D eigenvalue weighted by Crippen LogP contribution is -2.39. The largest absolute Gasteiger partial charge is 0.407 e. The van der Waals surface area contributed by atoms with Crippen LogP contribution in [0.2, 0.25) is 0 Å². The lowest BCUT2D eigenvalue weighted by Gasteiger charge is -2.28. The van der Waals surface area contributed by atoms with Crippen LogP contribution in [-0.2, 0) is 6.42 Å². The summed E-state index contributed by atoms with van der Waals surface area (Å²) in [7, 11) is 0. The second-order valence-electron chi connectivity index (χ2n) is 3.52. The second-order valence-corrected chi connectivity index (χ2v) is 4.44. The van der Waals surface area contributed by atoms with Crippen LogP contribution in [0.25, 0.3) is 0 Å². The third-order valence-electron chi connectivity index (χ3n) is 2.49. The molecule has 2 rings (SSSR count). The summed E-state index contributed by atoms with van der Waals surface area (Å²) in [4.78, 5) is 0. The van der Waals surface area contributed by atoms with Crippen LogP contribution in [0, 0.1) is 0 Å². The van der Waals surface area contributed by atoms with Crippen LogP contribution in [0.5, 0.6) is 0 Å². The fraction of sp³-hybridized carbons (Fsp3) is 0.400. The Bertz CT molecular complexity index is 381.